The normalized spacial score (nSPS) is 17.9. The van der Waals surface area contributed by atoms with E-state index in [9.17, 15) is 0 Å². The second-order valence-electron chi connectivity index (χ2n) is 4.59. The van der Waals surface area contributed by atoms with Crippen LogP contribution < -0.4 is 0 Å². The fraction of sp³-hybridized carbons (Fsp3) is 0.200. The minimum atomic E-state index is -0.618. The maximum absolute atomic E-state index is 9.07. The molecule has 90 valence electrons. The Morgan fingerprint density at radius 2 is 1.89 bits per heavy atom. The molecule has 0 amide bonds. The maximum atomic E-state index is 9.07. The molecule has 3 nitrogen and oxygen atoms in total. The molecule has 0 unspecified atom stereocenters. The van der Waals surface area contributed by atoms with Gasteiger partial charge in [-0.2, -0.15) is 5.26 Å². The first-order valence-electron chi connectivity index (χ1n) is 5.70. The number of hydrogen-bond donors (Lipinski definition) is 1. The minimum Gasteiger partial charge on any atom is -0.466 e. The summed E-state index contributed by atoms with van der Waals surface area (Å²) in [5.41, 5.74) is 1.50. The average Bonchev–Trinajstić information content (AvgIpc) is 2.56. The van der Waals surface area contributed by atoms with E-state index < -0.39 is 5.60 Å². The van der Waals surface area contributed by atoms with Gasteiger partial charge >= 0.3 is 0 Å². The van der Waals surface area contributed by atoms with E-state index in [1.54, 1.807) is 0 Å². The van der Waals surface area contributed by atoms with Gasteiger partial charge in [0.2, 0.25) is 5.90 Å². The third-order valence-electron chi connectivity index (χ3n) is 2.86. The van der Waals surface area contributed by atoms with Crippen LogP contribution in [-0.2, 0) is 4.74 Å². The van der Waals surface area contributed by atoms with E-state index in [1.165, 1.54) is 0 Å². The van der Waals surface area contributed by atoms with Gasteiger partial charge in [0.25, 0.3) is 0 Å². The Morgan fingerprint density at radius 1 is 1.22 bits per heavy atom. The van der Waals surface area contributed by atoms with Gasteiger partial charge in [-0.3, -0.25) is 5.41 Å². The van der Waals surface area contributed by atoms with Crippen molar-refractivity contribution in [2.24, 2.45) is 0 Å². The van der Waals surface area contributed by atoms with Crippen LogP contribution in [0.2, 0.25) is 0 Å². The fourth-order valence-electron chi connectivity index (χ4n) is 1.92. The van der Waals surface area contributed by atoms with Gasteiger partial charge in [0.15, 0.2) is 0 Å². The molecule has 0 radical (unpaired) electrons. The molecule has 0 aromatic heterocycles. The minimum absolute atomic E-state index is 0.0461. The van der Waals surface area contributed by atoms with Crippen LogP contribution >= 0.6 is 0 Å². The lowest BCUT2D eigenvalue weighted by molar-refractivity contribution is 0.152. The maximum Gasteiger partial charge on any atom is 0.225 e. The molecule has 1 heterocycles. The standard InChI is InChI=1S/C15H14N2O/c1-15(2)13(12(10-16)14(17)18-15)9-8-11-6-4-3-5-7-11/h3-9,17H,1-2H3. The lowest BCUT2D eigenvalue weighted by atomic mass is 9.95. The van der Waals surface area contributed by atoms with E-state index >= 15 is 0 Å². The van der Waals surface area contributed by atoms with E-state index in [0.717, 1.165) is 11.1 Å². The smallest absolute Gasteiger partial charge is 0.225 e. The van der Waals surface area contributed by atoms with Crippen molar-refractivity contribution >= 4 is 12.0 Å². The molecule has 0 saturated heterocycles. The Hall–Kier alpha value is -2.34. The van der Waals surface area contributed by atoms with Crippen molar-refractivity contribution < 1.29 is 4.74 Å². The first-order valence-corrected chi connectivity index (χ1v) is 5.70. The second kappa shape index (κ2) is 4.50. The Morgan fingerprint density at radius 3 is 2.50 bits per heavy atom. The Balaban J connectivity index is 2.38. The number of hydrogen-bond acceptors (Lipinski definition) is 3. The van der Waals surface area contributed by atoms with Gasteiger partial charge in [-0.25, -0.2) is 0 Å². The van der Waals surface area contributed by atoms with Crippen molar-refractivity contribution in [2.75, 3.05) is 0 Å². The zero-order valence-electron chi connectivity index (χ0n) is 10.4. The van der Waals surface area contributed by atoms with Crippen LogP contribution in [0.4, 0.5) is 0 Å². The molecular formula is C15H14N2O. The summed E-state index contributed by atoms with van der Waals surface area (Å²) in [7, 11) is 0. The lowest BCUT2D eigenvalue weighted by Gasteiger charge is -2.19. The topological polar surface area (TPSA) is 56.9 Å². The Labute approximate surface area is 107 Å². The summed E-state index contributed by atoms with van der Waals surface area (Å²) in [5, 5.41) is 16.7. The van der Waals surface area contributed by atoms with Crippen molar-refractivity contribution in [2.45, 2.75) is 19.4 Å². The number of rotatable bonds is 2. The van der Waals surface area contributed by atoms with Crippen LogP contribution in [-0.4, -0.2) is 11.5 Å². The lowest BCUT2D eigenvalue weighted by Crippen LogP contribution is -2.22. The monoisotopic (exact) mass is 238 g/mol. The molecule has 0 spiro atoms. The van der Waals surface area contributed by atoms with Crippen molar-refractivity contribution in [3.8, 4) is 6.07 Å². The molecule has 0 bridgehead atoms. The van der Waals surface area contributed by atoms with Gasteiger partial charge in [-0.1, -0.05) is 42.5 Å². The zero-order chi connectivity index (χ0) is 13.2. The molecule has 3 heteroatoms. The summed E-state index contributed by atoms with van der Waals surface area (Å²) < 4.78 is 5.39. The Kier molecular flexibility index (Phi) is 3.03. The molecular weight excluding hydrogens is 224 g/mol. The molecule has 1 aliphatic heterocycles. The van der Waals surface area contributed by atoms with E-state index in [1.807, 2.05) is 62.4 Å². The first kappa shape index (κ1) is 12.1. The van der Waals surface area contributed by atoms with Crippen molar-refractivity contribution in [1.29, 1.82) is 10.7 Å². The van der Waals surface area contributed by atoms with Crippen LogP contribution in [0.3, 0.4) is 0 Å². The SMILES string of the molecule is CC1(C)OC(=N)C(C#N)=C1C=Cc1ccccc1. The predicted molar refractivity (Wildman–Crippen MR) is 71.0 cm³/mol. The van der Waals surface area contributed by atoms with Gasteiger partial charge in [0, 0.05) is 5.57 Å². The van der Waals surface area contributed by atoms with Crippen molar-refractivity contribution in [3.63, 3.8) is 0 Å². The highest BCUT2D eigenvalue weighted by Gasteiger charge is 2.36. The van der Waals surface area contributed by atoms with E-state index in [2.05, 4.69) is 0 Å². The molecule has 1 N–H and O–H groups in total. The van der Waals surface area contributed by atoms with E-state index in [-0.39, 0.29) is 5.90 Å². The summed E-state index contributed by atoms with van der Waals surface area (Å²) in [5.74, 6) is -0.0461. The molecule has 1 aliphatic rings. The summed E-state index contributed by atoms with van der Waals surface area (Å²) in [6.07, 6.45) is 3.78. The zero-order valence-corrected chi connectivity index (χ0v) is 10.4. The van der Waals surface area contributed by atoms with Gasteiger partial charge in [0.05, 0.1) is 0 Å². The molecule has 1 aromatic rings. The molecule has 1 aromatic carbocycles. The summed E-state index contributed by atoms with van der Waals surface area (Å²) in [6.45, 7) is 3.72. The molecule has 2 rings (SSSR count). The van der Waals surface area contributed by atoms with Crippen LogP contribution in [0.25, 0.3) is 6.08 Å². The third-order valence-corrected chi connectivity index (χ3v) is 2.86. The van der Waals surface area contributed by atoms with Crippen LogP contribution in [0.1, 0.15) is 19.4 Å². The van der Waals surface area contributed by atoms with Crippen molar-refractivity contribution in [1.82, 2.24) is 0 Å². The number of nitriles is 1. The number of nitrogens with zero attached hydrogens (tertiary/aromatic N) is 1. The fourth-order valence-corrected chi connectivity index (χ4v) is 1.92. The van der Waals surface area contributed by atoms with Gasteiger partial charge in [0.1, 0.15) is 17.2 Å². The van der Waals surface area contributed by atoms with Gasteiger partial charge in [-0.05, 0) is 19.4 Å². The second-order valence-corrected chi connectivity index (χ2v) is 4.59. The molecule has 18 heavy (non-hydrogen) atoms. The number of benzene rings is 1. The number of nitrogens with one attached hydrogen (secondary N) is 1. The highest BCUT2D eigenvalue weighted by molar-refractivity contribution is 6.00. The summed E-state index contributed by atoms with van der Waals surface area (Å²) >= 11 is 0. The highest BCUT2D eigenvalue weighted by atomic mass is 16.5. The molecule has 0 aliphatic carbocycles. The molecule has 0 atom stereocenters. The first-order chi connectivity index (χ1) is 8.54. The third kappa shape index (κ3) is 2.18. The van der Waals surface area contributed by atoms with Crippen LogP contribution in [0.5, 0.6) is 0 Å². The quantitative estimate of drug-likeness (QED) is 0.859. The average molecular weight is 238 g/mol. The van der Waals surface area contributed by atoms with Gasteiger partial charge < -0.3 is 4.74 Å². The summed E-state index contributed by atoms with van der Waals surface area (Å²) in [6, 6.07) is 11.9. The van der Waals surface area contributed by atoms with Crippen LogP contribution in [0, 0.1) is 16.7 Å². The molecule has 0 saturated carbocycles. The van der Waals surface area contributed by atoms with Crippen molar-refractivity contribution in [3.05, 3.63) is 53.1 Å². The summed E-state index contributed by atoms with van der Waals surface area (Å²) in [4.78, 5) is 0. The Bertz CT molecular complexity index is 574. The molecule has 0 fully saturated rings. The van der Waals surface area contributed by atoms with E-state index in [4.69, 9.17) is 15.4 Å². The van der Waals surface area contributed by atoms with Gasteiger partial charge in [-0.15, -0.1) is 0 Å². The predicted octanol–water partition coefficient (Wildman–Crippen LogP) is 3.31. The number of ether oxygens (including phenoxy) is 1. The van der Waals surface area contributed by atoms with Crippen LogP contribution in [0.15, 0.2) is 47.6 Å². The largest absolute Gasteiger partial charge is 0.466 e. The highest BCUT2D eigenvalue weighted by Crippen LogP contribution is 2.33. The van der Waals surface area contributed by atoms with E-state index in [0.29, 0.717) is 5.57 Å².